The number of nitrogens with one attached hydrogen (secondary N) is 2. The smallest absolute Gasteiger partial charge is 0.253 e. The lowest BCUT2D eigenvalue weighted by molar-refractivity contribution is -0.121. The second-order valence-electron chi connectivity index (χ2n) is 10.7. The normalized spacial score (nSPS) is 12.5. The number of nitrogens with two attached hydrogens (primary N) is 1. The zero-order chi connectivity index (χ0) is 31.1. The molecule has 0 aromatic heterocycles. The number of aryl methyl sites for hydroxylation is 1. The summed E-state index contributed by atoms with van der Waals surface area (Å²) in [4.78, 5) is 40.5. The van der Waals surface area contributed by atoms with Gasteiger partial charge in [-0.2, -0.15) is 0 Å². The van der Waals surface area contributed by atoms with Gasteiger partial charge >= 0.3 is 0 Å². The van der Waals surface area contributed by atoms with Crippen molar-refractivity contribution < 1.29 is 28.3 Å². The van der Waals surface area contributed by atoms with Crippen molar-refractivity contribution in [3.63, 3.8) is 0 Å². The lowest BCUT2D eigenvalue weighted by Crippen LogP contribution is -2.46. The first-order valence-corrected chi connectivity index (χ1v) is 14.9. The first kappa shape index (κ1) is 34.8. The Hall–Kier alpha value is -3.37. The Morgan fingerprint density at radius 3 is 2.19 bits per heavy atom. The molecule has 0 unspecified atom stereocenters. The third kappa shape index (κ3) is 11.9. The molecule has 2 rings (SSSR count). The van der Waals surface area contributed by atoms with E-state index >= 15 is 0 Å². The molecular weight excluding hydrogens is 542 g/mol. The zero-order valence-electron chi connectivity index (χ0n) is 25.1. The number of hydrogen-bond donors (Lipinski definition) is 4. The summed E-state index contributed by atoms with van der Waals surface area (Å²) in [5, 5.41) is 16.6. The van der Waals surface area contributed by atoms with Crippen molar-refractivity contribution in [3.8, 4) is 0 Å². The van der Waals surface area contributed by atoms with E-state index in [1.165, 1.54) is 6.07 Å². The van der Waals surface area contributed by atoms with Crippen LogP contribution in [0.2, 0.25) is 0 Å². The summed E-state index contributed by atoms with van der Waals surface area (Å²) in [6.45, 7) is 7.72. The Kier molecular flexibility index (Phi) is 15.1. The fourth-order valence-corrected chi connectivity index (χ4v) is 4.85. The van der Waals surface area contributed by atoms with Gasteiger partial charge in [-0.15, -0.1) is 0 Å². The van der Waals surface area contributed by atoms with Gasteiger partial charge in [0.2, 0.25) is 5.91 Å². The van der Waals surface area contributed by atoms with E-state index in [2.05, 4.69) is 10.6 Å². The molecule has 3 amide bonds. The third-order valence-electron chi connectivity index (χ3n) is 6.89. The van der Waals surface area contributed by atoms with Gasteiger partial charge in [-0.25, -0.2) is 8.78 Å². The molecule has 0 heterocycles. The molecule has 0 radical (unpaired) electrons. The first-order valence-electron chi connectivity index (χ1n) is 14.9. The van der Waals surface area contributed by atoms with Crippen molar-refractivity contribution in [1.82, 2.24) is 15.5 Å². The van der Waals surface area contributed by atoms with Crippen LogP contribution in [-0.4, -0.2) is 66.1 Å². The van der Waals surface area contributed by atoms with Crippen molar-refractivity contribution in [2.24, 2.45) is 5.73 Å². The van der Waals surface area contributed by atoms with Gasteiger partial charge in [-0.3, -0.25) is 14.4 Å². The zero-order valence-corrected chi connectivity index (χ0v) is 25.1. The number of unbranched alkanes of at least 4 members (excludes halogenated alkanes) is 2. The number of nitrogens with zero attached hydrogens (tertiary/aromatic N) is 1. The molecule has 0 aliphatic heterocycles. The van der Waals surface area contributed by atoms with Gasteiger partial charge in [0.05, 0.1) is 12.1 Å². The van der Waals surface area contributed by atoms with E-state index in [9.17, 15) is 28.3 Å². The topological polar surface area (TPSA) is 125 Å². The fourth-order valence-electron chi connectivity index (χ4n) is 4.85. The van der Waals surface area contributed by atoms with Gasteiger partial charge in [0, 0.05) is 43.2 Å². The molecule has 8 nitrogen and oxygen atoms in total. The molecule has 0 spiro atoms. The largest absolute Gasteiger partial charge is 0.391 e. The number of carbonyl (C=O) groups excluding carboxylic acids is 3. The Bertz CT molecular complexity index is 1150. The molecule has 0 aliphatic carbocycles. The van der Waals surface area contributed by atoms with Crippen LogP contribution in [0.5, 0.6) is 0 Å². The quantitative estimate of drug-likeness (QED) is 0.194. The molecule has 2 aromatic rings. The Morgan fingerprint density at radius 2 is 1.57 bits per heavy atom. The molecule has 0 bridgehead atoms. The maximum absolute atomic E-state index is 13.9. The monoisotopic (exact) mass is 588 g/mol. The summed E-state index contributed by atoms with van der Waals surface area (Å²) in [6, 6.07) is 7.04. The second-order valence-corrected chi connectivity index (χ2v) is 10.7. The average Bonchev–Trinajstić information content (AvgIpc) is 2.93. The maximum atomic E-state index is 13.9. The van der Waals surface area contributed by atoms with E-state index in [1.807, 2.05) is 13.8 Å². The van der Waals surface area contributed by atoms with Crippen LogP contribution in [0.3, 0.4) is 0 Å². The molecule has 0 fully saturated rings. The van der Waals surface area contributed by atoms with Gasteiger partial charge in [-0.1, -0.05) is 20.3 Å². The third-order valence-corrected chi connectivity index (χ3v) is 6.89. The fraction of sp³-hybridized carbons (Fsp3) is 0.531. The second kappa shape index (κ2) is 18.2. The van der Waals surface area contributed by atoms with E-state index in [-0.39, 0.29) is 42.3 Å². The highest BCUT2D eigenvalue weighted by molar-refractivity contribution is 6.00. The summed E-state index contributed by atoms with van der Waals surface area (Å²) < 4.78 is 27.8. The SMILES string of the molecule is CCCN(CCC)C(=O)c1cc(C)cc(C(=O)N[C@@H](Cc2cc(F)cc(F)c2)[C@@H](O)CCNC(=O)CCCCCN)c1. The highest BCUT2D eigenvalue weighted by Crippen LogP contribution is 2.17. The van der Waals surface area contributed by atoms with Gasteiger partial charge in [-0.05, 0) is 93.5 Å². The number of rotatable bonds is 18. The predicted molar refractivity (Wildman–Crippen MR) is 160 cm³/mol. The predicted octanol–water partition coefficient (Wildman–Crippen LogP) is 4.26. The van der Waals surface area contributed by atoms with E-state index < -0.39 is 29.7 Å². The van der Waals surface area contributed by atoms with E-state index in [0.29, 0.717) is 38.0 Å². The van der Waals surface area contributed by atoms with Gasteiger partial charge in [0.15, 0.2) is 0 Å². The van der Waals surface area contributed by atoms with Crippen LogP contribution in [-0.2, 0) is 11.2 Å². The van der Waals surface area contributed by atoms with Crippen molar-refractivity contribution in [3.05, 3.63) is 70.3 Å². The highest BCUT2D eigenvalue weighted by atomic mass is 19.1. The molecule has 0 aliphatic rings. The van der Waals surface area contributed by atoms with Crippen molar-refractivity contribution in [1.29, 1.82) is 0 Å². The minimum absolute atomic E-state index is 0.0486. The number of aliphatic hydroxyl groups excluding tert-OH is 1. The number of carbonyl (C=O) groups is 3. The van der Waals surface area contributed by atoms with Crippen molar-refractivity contribution in [2.75, 3.05) is 26.2 Å². The van der Waals surface area contributed by atoms with Crippen LogP contribution in [0.1, 0.15) is 90.6 Å². The molecule has 2 aromatic carbocycles. The van der Waals surface area contributed by atoms with Crippen molar-refractivity contribution >= 4 is 17.7 Å². The van der Waals surface area contributed by atoms with E-state index in [0.717, 1.165) is 49.4 Å². The van der Waals surface area contributed by atoms with E-state index in [1.54, 1.807) is 24.0 Å². The van der Waals surface area contributed by atoms with Crippen LogP contribution in [0, 0.1) is 18.6 Å². The molecule has 5 N–H and O–H groups in total. The molecule has 42 heavy (non-hydrogen) atoms. The first-order chi connectivity index (χ1) is 20.1. The molecule has 0 saturated carbocycles. The van der Waals surface area contributed by atoms with E-state index in [4.69, 9.17) is 5.73 Å². The summed E-state index contributed by atoms with van der Waals surface area (Å²) in [5.74, 6) is -2.38. The Morgan fingerprint density at radius 1 is 0.929 bits per heavy atom. The molecule has 2 atom stereocenters. The average molecular weight is 589 g/mol. The highest BCUT2D eigenvalue weighted by Gasteiger charge is 2.24. The summed E-state index contributed by atoms with van der Waals surface area (Å²) in [6.07, 6.45) is 3.30. The summed E-state index contributed by atoms with van der Waals surface area (Å²) in [7, 11) is 0. The van der Waals surface area contributed by atoms with Crippen LogP contribution >= 0.6 is 0 Å². The Labute approximate surface area is 248 Å². The van der Waals surface area contributed by atoms with Crippen molar-refractivity contribution in [2.45, 2.75) is 84.3 Å². The summed E-state index contributed by atoms with van der Waals surface area (Å²) >= 11 is 0. The lowest BCUT2D eigenvalue weighted by atomic mass is 9.97. The molecule has 10 heteroatoms. The standard InChI is InChI=1S/C32H46F2N4O4/c1-4-13-38(14-5-2)32(42)25-16-22(3)15-24(20-25)31(41)37-28(19-23-17-26(33)21-27(34)18-23)29(39)10-12-36-30(40)9-7-6-8-11-35/h15-18,20-21,28-29,39H,4-14,19,35H2,1-3H3,(H,36,40)(H,37,41)/t28-,29-/m0/s1. The minimum atomic E-state index is -1.13. The van der Waals surface area contributed by atoms with Crippen LogP contribution in [0.15, 0.2) is 36.4 Å². The van der Waals surface area contributed by atoms with Gasteiger partial charge in [0.25, 0.3) is 11.8 Å². The minimum Gasteiger partial charge on any atom is -0.391 e. The van der Waals surface area contributed by atoms with Gasteiger partial charge < -0.3 is 26.4 Å². The number of halogens is 2. The number of amides is 3. The maximum Gasteiger partial charge on any atom is 0.253 e. The number of hydrogen-bond acceptors (Lipinski definition) is 5. The molecule has 0 saturated heterocycles. The van der Waals surface area contributed by atoms with Crippen LogP contribution in [0.25, 0.3) is 0 Å². The Balaban J connectivity index is 2.20. The molecular formula is C32H46F2N4O4. The summed E-state index contributed by atoms with van der Waals surface area (Å²) in [5.41, 5.74) is 7.08. The lowest BCUT2D eigenvalue weighted by Gasteiger charge is -2.25. The number of aliphatic hydroxyl groups is 1. The molecule has 232 valence electrons. The number of benzene rings is 2. The van der Waals surface area contributed by atoms with Crippen LogP contribution < -0.4 is 16.4 Å². The van der Waals surface area contributed by atoms with Gasteiger partial charge in [0.1, 0.15) is 11.6 Å². The van der Waals surface area contributed by atoms with Crippen LogP contribution in [0.4, 0.5) is 8.78 Å².